The van der Waals surface area contributed by atoms with Crippen molar-refractivity contribution in [2.45, 2.75) is 27.2 Å². The predicted octanol–water partition coefficient (Wildman–Crippen LogP) is 4.09. The topological polar surface area (TPSA) is 63.0 Å². The Labute approximate surface area is 150 Å². The molecule has 0 unspecified atom stereocenters. The molecule has 0 aliphatic heterocycles. The minimum Gasteiger partial charge on any atom is -0.349 e. The summed E-state index contributed by atoms with van der Waals surface area (Å²) in [5.41, 5.74) is 2.61. The number of hydrogen-bond donors (Lipinski definition) is 1. The van der Waals surface area contributed by atoms with Crippen molar-refractivity contribution in [3.63, 3.8) is 0 Å². The van der Waals surface area contributed by atoms with Crippen molar-refractivity contribution in [2.75, 3.05) is 0 Å². The summed E-state index contributed by atoms with van der Waals surface area (Å²) in [5, 5.41) is 4.99. The van der Waals surface area contributed by atoms with E-state index in [1.807, 2.05) is 6.21 Å². The van der Waals surface area contributed by atoms with Gasteiger partial charge in [-0.05, 0) is 43.4 Å². The number of benzene rings is 1. The summed E-state index contributed by atoms with van der Waals surface area (Å²) in [6.45, 7) is 6.54. The molecular weight excluding hydrogens is 331 g/mol. The van der Waals surface area contributed by atoms with Gasteiger partial charge in [0.05, 0.1) is 0 Å². The lowest BCUT2D eigenvalue weighted by Crippen LogP contribution is -2.26. The molecule has 3 aromatic rings. The highest BCUT2D eigenvalue weighted by molar-refractivity contribution is 6.04. The van der Waals surface area contributed by atoms with Crippen molar-refractivity contribution in [2.24, 2.45) is 22.9 Å². The fourth-order valence-electron chi connectivity index (χ4n) is 4.02. The molecule has 0 saturated carbocycles. The number of aromatic nitrogens is 3. The zero-order chi connectivity index (χ0) is 18.4. The Morgan fingerprint density at radius 3 is 2.96 bits per heavy atom. The highest BCUT2D eigenvalue weighted by Gasteiger charge is 2.25. The second-order valence-corrected chi connectivity index (χ2v) is 7.33. The van der Waals surface area contributed by atoms with Crippen LogP contribution in [0.1, 0.15) is 27.2 Å². The maximum absolute atomic E-state index is 13.5. The van der Waals surface area contributed by atoms with Gasteiger partial charge in [0.25, 0.3) is 5.56 Å². The molecule has 2 heterocycles. The van der Waals surface area contributed by atoms with E-state index in [4.69, 9.17) is 0 Å². The minimum atomic E-state index is -0.356. The average molecular weight is 352 g/mol. The van der Waals surface area contributed by atoms with Crippen LogP contribution in [0, 0.1) is 23.6 Å². The van der Waals surface area contributed by atoms with Gasteiger partial charge in [-0.2, -0.15) is 9.78 Å². The zero-order valence-electron chi connectivity index (χ0n) is 15.0. The van der Waals surface area contributed by atoms with E-state index in [1.54, 1.807) is 6.07 Å². The lowest BCUT2D eigenvalue weighted by Gasteiger charge is -2.29. The van der Waals surface area contributed by atoms with Crippen molar-refractivity contribution < 1.29 is 4.39 Å². The smallest absolute Gasteiger partial charge is 0.298 e. The van der Waals surface area contributed by atoms with Crippen LogP contribution in [-0.4, -0.2) is 20.9 Å². The van der Waals surface area contributed by atoms with Gasteiger partial charge < -0.3 is 4.98 Å². The molecule has 26 heavy (non-hydrogen) atoms. The van der Waals surface area contributed by atoms with Crippen molar-refractivity contribution in [1.29, 1.82) is 0 Å². The molecule has 0 spiro atoms. The molecule has 0 radical (unpaired) electrons. The first kappa shape index (κ1) is 16.7. The molecule has 134 valence electrons. The number of rotatable bonds is 2. The monoisotopic (exact) mass is 352 g/mol. The zero-order valence-corrected chi connectivity index (χ0v) is 15.0. The number of nitrogens with one attached hydrogen (secondary N) is 1. The standard InChI is InChI=1S/C20H21FN4O/c1-11-6-12(2)16(13(3)7-11)9-23-25-10-22-18-15-8-14(21)4-5-17(15)24-19(18)20(25)26/h4-6,8-10,12-13,16,24H,7H2,1-3H3/b23-9-/t12-,13+,16+/m0/s1. The Balaban J connectivity index is 1.75. The molecule has 4 rings (SSSR count). The maximum Gasteiger partial charge on any atom is 0.298 e. The van der Waals surface area contributed by atoms with Gasteiger partial charge in [0, 0.05) is 23.0 Å². The van der Waals surface area contributed by atoms with E-state index < -0.39 is 0 Å². The van der Waals surface area contributed by atoms with Crippen LogP contribution in [0.15, 0.2) is 46.1 Å². The van der Waals surface area contributed by atoms with Gasteiger partial charge in [-0.1, -0.05) is 25.5 Å². The molecular formula is C20H21FN4O. The second kappa shape index (κ2) is 6.20. The lowest BCUT2D eigenvalue weighted by atomic mass is 9.76. The number of allylic oxidation sites excluding steroid dienone is 2. The summed E-state index contributed by atoms with van der Waals surface area (Å²) in [5.74, 6) is 0.775. The molecule has 1 aromatic carbocycles. The van der Waals surface area contributed by atoms with Crippen molar-refractivity contribution in [3.8, 4) is 0 Å². The quantitative estimate of drug-likeness (QED) is 0.558. The largest absolute Gasteiger partial charge is 0.349 e. The first-order valence-corrected chi connectivity index (χ1v) is 8.84. The Hall–Kier alpha value is -2.76. The molecule has 2 aromatic heterocycles. The molecule has 3 atom stereocenters. The van der Waals surface area contributed by atoms with Crippen LogP contribution in [-0.2, 0) is 0 Å². The van der Waals surface area contributed by atoms with Gasteiger partial charge in [0.15, 0.2) is 0 Å². The van der Waals surface area contributed by atoms with Crippen LogP contribution in [0.2, 0.25) is 0 Å². The molecule has 0 fully saturated rings. The molecule has 0 bridgehead atoms. The minimum absolute atomic E-state index is 0.276. The highest BCUT2D eigenvalue weighted by atomic mass is 19.1. The third-order valence-electron chi connectivity index (χ3n) is 5.27. The fourth-order valence-corrected chi connectivity index (χ4v) is 4.02. The number of hydrogen-bond acceptors (Lipinski definition) is 3. The Morgan fingerprint density at radius 1 is 1.38 bits per heavy atom. The van der Waals surface area contributed by atoms with E-state index in [-0.39, 0.29) is 17.3 Å². The van der Waals surface area contributed by atoms with E-state index >= 15 is 0 Å². The van der Waals surface area contributed by atoms with Gasteiger partial charge in [-0.3, -0.25) is 4.79 Å². The predicted molar refractivity (Wildman–Crippen MR) is 102 cm³/mol. The van der Waals surface area contributed by atoms with Crippen molar-refractivity contribution >= 4 is 28.2 Å². The van der Waals surface area contributed by atoms with Crippen LogP contribution >= 0.6 is 0 Å². The van der Waals surface area contributed by atoms with E-state index in [0.29, 0.717) is 33.8 Å². The van der Waals surface area contributed by atoms with Crippen LogP contribution in [0.3, 0.4) is 0 Å². The van der Waals surface area contributed by atoms with Crippen LogP contribution in [0.5, 0.6) is 0 Å². The molecule has 1 aliphatic rings. The summed E-state index contributed by atoms with van der Waals surface area (Å²) in [4.78, 5) is 20.1. The van der Waals surface area contributed by atoms with E-state index in [0.717, 1.165) is 6.42 Å². The normalized spacial score (nSPS) is 23.8. The van der Waals surface area contributed by atoms with Crippen LogP contribution in [0.25, 0.3) is 21.9 Å². The Morgan fingerprint density at radius 2 is 2.19 bits per heavy atom. The summed E-state index contributed by atoms with van der Waals surface area (Å²) in [6.07, 6.45) is 6.57. The highest BCUT2D eigenvalue weighted by Crippen LogP contribution is 2.32. The molecule has 0 amide bonds. The molecule has 0 saturated heterocycles. The van der Waals surface area contributed by atoms with Gasteiger partial charge >= 0.3 is 0 Å². The first-order valence-electron chi connectivity index (χ1n) is 8.84. The molecule has 1 N–H and O–H groups in total. The summed E-state index contributed by atoms with van der Waals surface area (Å²) in [7, 11) is 0. The number of aromatic amines is 1. The number of nitrogens with zero attached hydrogens (tertiary/aromatic N) is 3. The van der Waals surface area contributed by atoms with E-state index in [9.17, 15) is 9.18 Å². The summed E-state index contributed by atoms with van der Waals surface area (Å²) < 4.78 is 14.7. The first-order chi connectivity index (χ1) is 12.4. The third-order valence-corrected chi connectivity index (χ3v) is 5.27. The number of halogens is 1. The van der Waals surface area contributed by atoms with Crippen molar-refractivity contribution in [3.05, 3.63) is 52.3 Å². The summed E-state index contributed by atoms with van der Waals surface area (Å²) in [6, 6.07) is 4.35. The second-order valence-electron chi connectivity index (χ2n) is 7.33. The Kier molecular flexibility index (Phi) is 3.98. The molecule has 5 nitrogen and oxygen atoms in total. The van der Waals surface area contributed by atoms with Gasteiger partial charge in [-0.15, -0.1) is 0 Å². The molecule has 1 aliphatic carbocycles. The number of fused-ring (bicyclic) bond motifs is 3. The van der Waals surface area contributed by atoms with Gasteiger partial charge in [-0.25, -0.2) is 9.37 Å². The average Bonchev–Trinajstić information content (AvgIpc) is 2.94. The van der Waals surface area contributed by atoms with Crippen LogP contribution < -0.4 is 5.56 Å². The summed E-state index contributed by atoms with van der Waals surface area (Å²) >= 11 is 0. The maximum atomic E-state index is 13.5. The SMILES string of the molecule is CC1=C[C@H](C)[C@@H](/C=N\n2cnc3c([nH]c4ccc(F)cc43)c2=O)[C@H](C)C1. The lowest BCUT2D eigenvalue weighted by molar-refractivity contribution is 0.361. The van der Waals surface area contributed by atoms with E-state index in [2.05, 4.69) is 41.9 Å². The molecule has 6 heteroatoms. The fraction of sp³-hybridized carbons (Fsp3) is 0.350. The van der Waals surface area contributed by atoms with Crippen LogP contribution in [0.4, 0.5) is 4.39 Å². The van der Waals surface area contributed by atoms with Gasteiger partial charge in [0.1, 0.15) is 23.2 Å². The third kappa shape index (κ3) is 2.75. The number of H-pyrrole nitrogens is 1. The van der Waals surface area contributed by atoms with Crippen molar-refractivity contribution in [1.82, 2.24) is 14.6 Å². The van der Waals surface area contributed by atoms with E-state index in [1.165, 1.54) is 28.7 Å². The Bertz CT molecular complexity index is 1110. The van der Waals surface area contributed by atoms with Gasteiger partial charge in [0.2, 0.25) is 0 Å².